The molecule has 0 spiro atoms. The first-order valence-corrected chi connectivity index (χ1v) is 12.4. The van der Waals surface area contributed by atoms with E-state index in [4.69, 9.17) is 9.47 Å². The lowest BCUT2D eigenvalue weighted by molar-refractivity contribution is 0.129. The number of pyridine rings is 1. The number of benzene rings is 2. The van der Waals surface area contributed by atoms with Gasteiger partial charge in [-0.1, -0.05) is 17.7 Å². The minimum Gasteiger partial charge on any atom is -0.493 e. The van der Waals surface area contributed by atoms with Crippen molar-refractivity contribution in [1.29, 1.82) is 0 Å². The van der Waals surface area contributed by atoms with E-state index in [1.165, 1.54) is 18.2 Å². The fourth-order valence-electron chi connectivity index (χ4n) is 4.35. The predicted molar refractivity (Wildman–Crippen MR) is 134 cm³/mol. The SMILES string of the molecule is COc1cc2c(-c3cc4cccnc4n3S(=O)(=O)c3ccc(C)cc3)cn(C(C)O)c2cc1OC. The zero-order valence-electron chi connectivity index (χ0n) is 19.8. The summed E-state index contributed by atoms with van der Waals surface area (Å²) in [6.07, 6.45) is 2.44. The fraction of sp³-hybridized carbons (Fsp3) is 0.192. The number of hydrogen-bond donors (Lipinski definition) is 1. The average Bonchev–Trinajstić information content (AvgIpc) is 3.42. The number of rotatable bonds is 6. The van der Waals surface area contributed by atoms with Crippen molar-refractivity contribution in [2.75, 3.05) is 14.2 Å². The molecule has 0 aliphatic carbocycles. The molecular weight excluding hydrogens is 466 g/mol. The van der Waals surface area contributed by atoms with Crippen LogP contribution in [0.5, 0.6) is 11.5 Å². The molecule has 8 nitrogen and oxygen atoms in total. The maximum atomic E-state index is 13.9. The van der Waals surface area contributed by atoms with Crippen molar-refractivity contribution in [3.05, 3.63) is 72.6 Å². The van der Waals surface area contributed by atoms with E-state index in [0.29, 0.717) is 44.7 Å². The van der Waals surface area contributed by atoms with Gasteiger partial charge in [0.25, 0.3) is 10.0 Å². The lowest BCUT2D eigenvalue weighted by atomic mass is 10.1. The van der Waals surface area contributed by atoms with Gasteiger partial charge in [0.05, 0.1) is 30.3 Å². The van der Waals surface area contributed by atoms with Crippen LogP contribution in [0.1, 0.15) is 18.7 Å². The quantitative estimate of drug-likeness (QED) is 0.369. The van der Waals surface area contributed by atoms with Gasteiger partial charge in [0.2, 0.25) is 0 Å². The van der Waals surface area contributed by atoms with Gasteiger partial charge < -0.3 is 19.1 Å². The van der Waals surface area contributed by atoms with Crippen molar-refractivity contribution in [2.24, 2.45) is 0 Å². The Bertz CT molecular complexity index is 1670. The molecule has 0 radical (unpaired) electrons. The zero-order chi connectivity index (χ0) is 24.9. The summed E-state index contributed by atoms with van der Waals surface area (Å²) in [5, 5.41) is 11.9. The summed E-state index contributed by atoms with van der Waals surface area (Å²) in [5.74, 6) is 0.993. The lowest BCUT2D eigenvalue weighted by Gasteiger charge is -2.12. The standard InChI is InChI=1S/C26H25N3O5S/c1-16-7-9-19(10-8-16)35(31,32)29-23(12-18-6-5-11-27-26(18)29)21-15-28(17(2)30)22-14-25(34-4)24(33-3)13-20(21)22/h5-15,17,30H,1-4H3. The molecule has 5 rings (SSSR count). The van der Waals surface area contributed by atoms with Crippen molar-refractivity contribution in [1.82, 2.24) is 13.5 Å². The smallest absolute Gasteiger partial charge is 0.269 e. The minimum atomic E-state index is -4.00. The van der Waals surface area contributed by atoms with E-state index in [9.17, 15) is 13.5 Å². The third kappa shape index (κ3) is 3.64. The number of nitrogens with zero attached hydrogens (tertiary/aromatic N) is 3. The van der Waals surface area contributed by atoms with E-state index in [1.54, 1.807) is 72.4 Å². The molecule has 0 saturated heterocycles. The van der Waals surface area contributed by atoms with Crippen molar-refractivity contribution in [2.45, 2.75) is 25.0 Å². The first-order chi connectivity index (χ1) is 16.8. The van der Waals surface area contributed by atoms with Crippen LogP contribution in [0.4, 0.5) is 0 Å². The van der Waals surface area contributed by atoms with Gasteiger partial charge in [-0.05, 0) is 50.2 Å². The third-order valence-electron chi connectivity index (χ3n) is 6.10. The van der Waals surface area contributed by atoms with E-state index < -0.39 is 16.3 Å². The van der Waals surface area contributed by atoms with E-state index in [2.05, 4.69) is 4.98 Å². The molecule has 3 aromatic heterocycles. The fourth-order valence-corrected chi connectivity index (χ4v) is 5.83. The minimum absolute atomic E-state index is 0.158. The van der Waals surface area contributed by atoms with Crippen LogP contribution in [0.15, 0.2) is 71.9 Å². The van der Waals surface area contributed by atoms with Crippen LogP contribution in [0, 0.1) is 6.92 Å². The van der Waals surface area contributed by atoms with Gasteiger partial charge in [-0.2, -0.15) is 0 Å². The topological polar surface area (TPSA) is 95.6 Å². The molecular formula is C26H25N3O5S. The molecule has 0 saturated carbocycles. The largest absolute Gasteiger partial charge is 0.493 e. The van der Waals surface area contributed by atoms with Crippen molar-refractivity contribution < 1.29 is 23.0 Å². The molecule has 0 fully saturated rings. The number of aryl methyl sites for hydroxylation is 1. The van der Waals surface area contributed by atoms with Gasteiger partial charge in [-0.15, -0.1) is 0 Å². The Morgan fingerprint density at radius 3 is 2.34 bits per heavy atom. The van der Waals surface area contributed by atoms with Crippen LogP contribution < -0.4 is 9.47 Å². The molecule has 0 aliphatic rings. The zero-order valence-corrected chi connectivity index (χ0v) is 20.6. The first kappa shape index (κ1) is 22.9. The normalized spacial score (nSPS) is 12.8. The highest BCUT2D eigenvalue weighted by Crippen LogP contribution is 2.41. The number of aliphatic hydroxyl groups is 1. The van der Waals surface area contributed by atoms with Gasteiger partial charge in [-0.25, -0.2) is 17.4 Å². The maximum absolute atomic E-state index is 13.9. The Morgan fingerprint density at radius 1 is 1.00 bits per heavy atom. The maximum Gasteiger partial charge on any atom is 0.269 e. The molecule has 0 aliphatic heterocycles. The summed E-state index contributed by atoms with van der Waals surface area (Å²) < 4.78 is 41.8. The molecule has 5 aromatic rings. The second kappa shape index (κ2) is 8.44. The highest BCUT2D eigenvalue weighted by atomic mass is 32.2. The molecule has 35 heavy (non-hydrogen) atoms. The van der Waals surface area contributed by atoms with Gasteiger partial charge in [0.15, 0.2) is 17.1 Å². The van der Waals surface area contributed by atoms with E-state index in [-0.39, 0.29) is 4.90 Å². The summed E-state index contributed by atoms with van der Waals surface area (Å²) in [7, 11) is -0.920. The highest BCUT2D eigenvalue weighted by Gasteiger charge is 2.27. The lowest BCUT2D eigenvalue weighted by Crippen LogP contribution is -2.14. The molecule has 9 heteroatoms. The van der Waals surface area contributed by atoms with E-state index >= 15 is 0 Å². The average molecular weight is 492 g/mol. The number of aliphatic hydroxyl groups excluding tert-OH is 1. The van der Waals surface area contributed by atoms with Gasteiger partial charge in [0, 0.05) is 34.8 Å². The van der Waals surface area contributed by atoms with Crippen molar-refractivity contribution in [3.63, 3.8) is 0 Å². The molecule has 2 aromatic carbocycles. The van der Waals surface area contributed by atoms with Gasteiger partial charge >= 0.3 is 0 Å². The summed E-state index contributed by atoms with van der Waals surface area (Å²) in [6.45, 7) is 3.54. The Labute approximate surface area is 203 Å². The number of fused-ring (bicyclic) bond motifs is 2. The van der Waals surface area contributed by atoms with Crippen molar-refractivity contribution in [3.8, 4) is 22.8 Å². The summed E-state index contributed by atoms with van der Waals surface area (Å²) in [6, 6.07) is 15.7. The molecule has 1 N–H and O–H groups in total. The molecule has 180 valence electrons. The monoisotopic (exact) mass is 491 g/mol. The molecule has 3 heterocycles. The second-order valence-corrected chi connectivity index (χ2v) is 10.1. The Hall–Kier alpha value is -3.82. The predicted octanol–water partition coefficient (Wildman–Crippen LogP) is 4.73. The van der Waals surface area contributed by atoms with E-state index in [0.717, 1.165) is 5.56 Å². The third-order valence-corrected chi connectivity index (χ3v) is 7.81. The molecule has 0 bridgehead atoms. The number of hydrogen-bond acceptors (Lipinski definition) is 6. The van der Waals surface area contributed by atoms with Crippen LogP contribution in [-0.2, 0) is 10.0 Å². The van der Waals surface area contributed by atoms with Crippen LogP contribution in [0.3, 0.4) is 0 Å². The summed E-state index contributed by atoms with van der Waals surface area (Å²) >= 11 is 0. The first-order valence-electron chi connectivity index (χ1n) is 11.0. The Kier molecular flexibility index (Phi) is 5.53. The second-order valence-electron chi connectivity index (χ2n) is 8.33. The summed E-state index contributed by atoms with van der Waals surface area (Å²) in [5.41, 5.74) is 2.98. The molecule has 1 atom stereocenters. The van der Waals surface area contributed by atoms with Gasteiger partial charge in [-0.3, -0.25) is 0 Å². The Morgan fingerprint density at radius 2 is 1.69 bits per heavy atom. The van der Waals surface area contributed by atoms with Crippen LogP contribution in [0.2, 0.25) is 0 Å². The number of ether oxygens (including phenoxy) is 2. The van der Waals surface area contributed by atoms with E-state index in [1.807, 2.05) is 13.0 Å². The van der Waals surface area contributed by atoms with Crippen LogP contribution in [-0.4, -0.2) is 41.3 Å². The molecule has 1 unspecified atom stereocenters. The molecule has 0 amide bonds. The number of aromatic nitrogens is 3. The van der Waals surface area contributed by atoms with Crippen LogP contribution >= 0.6 is 0 Å². The van der Waals surface area contributed by atoms with Gasteiger partial charge in [0.1, 0.15) is 6.23 Å². The summed E-state index contributed by atoms with van der Waals surface area (Å²) in [4.78, 5) is 4.56. The Balaban J connectivity index is 1.88. The highest BCUT2D eigenvalue weighted by molar-refractivity contribution is 7.90. The van der Waals surface area contributed by atoms with Crippen LogP contribution in [0.25, 0.3) is 33.2 Å². The number of methoxy groups -OCH3 is 2. The van der Waals surface area contributed by atoms with Crippen molar-refractivity contribution >= 4 is 32.0 Å².